The number of fused-ring (bicyclic) bond motifs is 3. The zero-order valence-corrected chi connectivity index (χ0v) is 19.9. The number of hydrogen-bond donors (Lipinski definition) is 2. The Balaban J connectivity index is 1.80. The molecule has 178 valence electrons. The molecule has 0 fully saturated rings. The minimum Gasteiger partial charge on any atom is -0.496 e. The molecule has 3 aromatic rings. The van der Waals surface area contributed by atoms with Crippen LogP contribution in [0.1, 0.15) is 27.6 Å². The lowest BCUT2D eigenvalue weighted by Gasteiger charge is -2.30. The van der Waals surface area contributed by atoms with Gasteiger partial charge in [-0.3, -0.25) is 9.52 Å². The second kappa shape index (κ2) is 9.74. The lowest BCUT2D eigenvalue weighted by atomic mass is 9.88. The van der Waals surface area contributed by atoms with Crippen LogP contribution in [0.3, 0.4) is 0 Å². The lowest BCUT2D eigenvalue weighted by molar-refractivity contribution is 0.0937. The summed E-state index contributed by atoms with van der Waals surface area (Å²) in [4.78, 5) is 12.6. The van der Waals surface area contributed by atoms with E-state index in [-0.39, 0.29) is 5.91 Å². The SMILES string of the molecule is COCCNC(=O)c1cccc(C2Oc3cccc(OC)c3-c3ccc(NS(C)(=O)=O)cc32)c1. The molecule has 1 aliphatic rings. The topological polar surface area (TPSA) is 103 Å². The van der Waals surface area contributed by atoms with E-state index in [1.807, 2.05) is 30.3 Å². The van der Waals surface area contributed by atoms with Gasteiger partial charge in [0.1, 0.15) is 17.6 Å². The second-order valence-corrected chi connectivity index (χ2v) is 9.63. The van der Waals surface area contributed by atoms with E-state index < -0.39 is 16.1 Å². The van der Waals surface area contributed by atoms with Crippen LogP contribution in [0.4, 0.5) is 5.69 Å². The lowest BCUT2D eigenvalue weighted by Crippen LogP contribution is -2.27. The number of methoxy groups -OCH3 is 2. The molecule has 0 saturated carbocycles. The maximum absolute atomic E-state index is 12.6. The molecule has 3 aromatic carbocycles. The van der Waals surface area contributed by atoms with Crippen LogP contribution in [-0.2, 0) is 14.8 Å². The molecule has 1 atom stereocenters. The molecule has 2 N–H and O–H groups in total. The summed E-state index contributed by atoms with van der Waals surface area (Å²) in [6.07, 6.45) is 0.535. The Morgan fingerprint density at radius 2 is 1.85 bits per heavy atom. The summed E-state index contributed by atoms with van der Waals surface area (Å²) in [6.45, 7) is 0.815. The predicted molar refractivity (Wildman–Crippen MR) is 130 cm³/mol. The van der Waals surface area contributed by atoms with E-state index in [1.165, 1.54) is 0 Å². The van der Waals surface area contributed by atoms with Crippen molar-refractivity contribution < 1.29 is 27.4 Å². The fraction of sp³-hybridized carbons (Fsp3) is 0.240. The largest absolute Gasteiger partial charge is 0.496 e. The molecule has 1 heterocycles. The Hall–Kier alpha value is -3.56. The van der Waals surface area contributed by atoms with Gasteiger partial charge in [-0.2, -0.15) is 0 Å². The Morgan fingerprint density at radius 1 is 1.06 bits per heavy atom. The molecule has 0 bridgehead atoms. The van der Waals surface area contributed by atoms with Gasteiger partial charge in [-0.05, 0) is 47.5 Å². The van der Waals surface area contributed by atoms with Crippen LogP contribution >= 0.6 is 0 Å². The van der Waals surface area contributed by atoms with Gasteiger partial charge >= 0.3 is 0 Å². The van der Waals surface area contributed by atoms with Gasteiger partial charge in [-0.15, -0.1) is 0 Å². The average Bonchev–Trinajstić information content (AvgIpc) is 2.82. The van der Waals surface area contributed by atoms with Gasteiger partial charge in [0.05, 0.1) is 25.5 Å². The maximum atomic E-state index is 12.6. The van der Waals surface area contributed by atoms with Gasteiger partial charge < -0.3 is 19.5 Å². The highest BCUT2D eigenvalue weighted by Crippen LogP contribution is 2.49. The van der Waals surface area contributed by atoms with E-state index in [2.05, 4.69) is 10.0 Å². The maximum Gasteiger partial charge on any atom is 0.251 e. The highest BCUT2D eigenvalue weighted by Gasteiger charge is 2.30. The summed E-state index contributed by atoms with van der Waals surface area (Å²) in [7, 11) is -0.303. The molecule has 0 aromatic heterocycles. The molecule has 1 aliphatic heterocycles. The minimum atomic E-state index is -3.47. The molecule has 9 heteroatoms. The predicted octanol–water partition coefficient (Wildman–Crippen LogP) is 3.59. The average molecular weight is 483 g/mol. The second-order valence-electron chi connectivity index (χ2n) is 7.88. The third-order valence-electron chi connectivity index (χ3n) is 5.40. The summed E-state index contributed by atoms with van der Waals surface area (Å²) in [5.74, 6) is 1.06. The number of amides is 1. The van der Waals surface area contributed by atoms with Crippen LogP contribution in [-0.4, -0.2) is 48.0 Å². The molecule has 4 rings (SSSR count). The fourth-order valence-electron chi connectivity index (χ4n) is 3.98. The minimum absolute atomic E-state index is 0.218. The van der Waals surface area contributed by atoms with E-state index in [9.17, 15) is 13.2 Å². The molecule has 8 nitrogen and oxygen atoms in total. The van der Waals surface area contributed by atoms with Gasteiger partial charge in [-0.25, -0.2) is 8.42 Å². The van der Waals surface area contributed by atoms with E-state index in [4.69, 9.17) is 14.2 Å². The number of sulfonamides is 1. The Bertz CT molecular complexity index is 1320. The third kappa shape index (κ3) is 5.00. The number of benzene rings is 3. The first-order valence-electron chi connectivity index (χ1n) is 10.6. The molecular weight excluding hydrogens is 456 g/mol. The fourth-order valence-corrected chi connectivity index (χ4v) is 4.53. The zero-order valence-electron chi connectivity index (χ0n) is 19.1. The number of carbonyl (C=O) groups is 1. The summed E-state index contributed by atoms with van der Waals surface area (Å²) in [5, 5.41) is 2.82. The number of rotatable bonds is 8. The highest BCUT2D eigenvalue weighted by molar-refractivity contribution is 7.92. The number of carbonyl (C=O) groups excluding carboxylic acids is 1. The van der Waals surface area contributed by atoms with Crippen LogP contribution in [0.25, 0.3) is 11.1 Å². The smallest absolute Gasteiger partial charge is 0.251 e. The van der Waals surface area contributed by atoms with Crippen LogP contribution in [0, 0.1) is 0 Å². The molecule has 0 radical (unpaired) electrons. The summed E-state index contributed by atoms with van der Waals surface area (Å²) in [6, 6.07) is 18.0. The van der Waals surface area contributed by atoms with Gasteiger partial charge in [0, 0.05) is 30.5 Å². The Kier molecular flexibility index (Phi) is 6.76. The molecular formula is C25H26N2O6S. The van der Waals surface area contributed by atoms with Crippen molar-refractivity contribution in [3.05, 3.63) is 77.4 Å². The monoisotopic (exact) mass is 482 g/mol. The van der Waals surface area contributed by atoms with Crippen LogP contribution in [0.2, 0.25) is 0 Å². The number of anilines is 1. The molecule has 0 spiro atoms. The quantitative estimate of drug-likeness (QED) is 0.476. The van der Waals surface area contributed by atoms with Gasteiger partial charge in [-0.1, -0.05) is 24.3 Å². The van der Waals surface area contributed by atoms with Crippen LogP contribution in [0.15, 0.2) is 60.7 Å². The Labute approximate surface area is 198 Å². The van der Waals surface area contributed by atoms with E-state index in [0.717, 1.165) is 28.5 Å². The number of ether oxygens (including phenoxy) is 3. The van der Waals surface area contributed by atoms with Crippen molar-refractivity contribution in [2.45, 2.75) is 6.10 Å². The van der Waals surface area contributed by atoms with E-state index in [0.29, 0.717) is 35.9 Å². The third-order valence-corrected chi connectivity index (χ3v) is 6.01. The van der Waals surface area contributed by atoms with E-state index >= 15 is 0 Å². The van der Waals surface area contributed by atoms with Gasteiger partial charge in [0.2, 0.25) is 10.0 Å². The normalized spacial score (nSPS) is 14.4. The van der Waals surface area contributed by atoms with Crippen molar-refractivity contribution in [2.24, 2.45) is 0 Å². The molecule has 0 saturated heterocycles. The number of nitrogens with one attached hydrogen (secondary N) is 2. The standard InChI is InChI=1S/C25H26N2O6S/c1-31-13-12-26-25(28)17-7-4-6-16(14-17)24-20-15-18(27-34(3,29)30)10-11-19(20)23-21(32-2)8-5-9-22(23)33-24/h4-11,14-15,24,27H,12-13H2,1-3H3,(H,26,28). The molecule has 34 heavy (non-hydrogen) atoms. The van der Waals surface area contributed by atoms with Crippen molar-refractivity contribution >= 4 is 21.6 Å². The summed E-state index contributed by atoms with van der Waals surface area (Å²) in [5.41, 5.74) is 4.06. The highest BCUT2D eigenvalue weighted by atomic mass is 32.2. The van der Waals surface area contributed by atoms with Crippen molar-refractivity contribution in [3.63, 3.8) is 0 Å². The van der Waals surface area contributed by atoms with Crippen molar-refractivity contribution in [3.8, 4) is 22.6 Å². The van der Waals surface area contributed by atoms with Crippen LogP contribution in [0.5, 0.6) is 11.5 Å². The first kappa shape index (κ1) is 23.6. The molecule has 1 amide bonds. The first-order valence-corrected chi connectivity index (χ1v) is 12.5. The summed E-state index contributed by atoms with van der Waals surface area (Å²) < 4.78 is 43.1. The number of hydrogen-bond acceptors (Lipinski definition) is 6. The van der Waals surface area contributed by atoms with Crippen molar-refractivity contribution in [2.75, 3.05) is 38.3 Å². The van der Waals surface area contributed by atoms with Crippen LogP contribution < -0.4 is 19.5 Å². The first-order chi connectivity index (χ1) is 16.3. The van der Waals surface area contributed by atoms with Gasteiger partial charge in [0.25, 0.3) is 5.91 Å². The van der Waals surface area contributed by atoms with Crippen molar-refractivity contribution in [1.82, 2.24) is 5.32 Å². The van der Waals surface area contributed by atoms with Gasteiger partial charge in [0.15, 0.2) is 0 Å². The molecule has 1 unspecified atom stereocenters. The van der Waals surface area contributed by atoms with E-state index in [1.54, 1.807) is 44.6 Å². The summed E-state index contributed by atoms with van der Waals surface area (Å²) >= 11 is 0. The van der Waals surface area contributed by atoms with Crippen molar-refractivity contribution in [1.29, 1.82) is 0 Å². The Morgan fingerprint density at radius 3 is 2.59 bits per heavy atom. The zero-order chi connectivity index (χ0) is 24.3. The molecule has 0 aliphatic carbocycles.